The minimum absolute atomic E-state index is 0.264. The van der Waals surface area contributed by atoms with Crippen LogP contribution in [0.3, 0.4) is 0 Å². The van der Waals surface area contributed by atoms with Gasteiger partial charge in [0, 0.05) is 11.3 Å². The lowest BCUT2D eigenvalue weighted by Gasteiger charge is -2.30. The highest BCUT2D eigenvalue weighted by Crippen LogP contribution is 2.44. The molecule has 2 aromatic carbocycles. The summed E-state index contributed by atoms with van der Waals surface area (Å²) >= 11 is 5.19. The van der Waals surface area contributed by atoms with Gasteiger partial charge < -0.3 is 25.5 Å². The van der Waals surface area contributed by atoms with Gasteiger partial charge in [0.2, 0.25) is 0 Å². The average Bonchev–Trinajstić information content (AvgIpc) is 2.77. The van der Waals surface area contributed by atoms with Gasteiger partial charge in [-0.05, 0) is 49.3 Å². The van der Waals surface area contributed by atoms with Gasteiger partial charge >= 0.3 is 5.97 Å². The average molecular weight is 449 g/mol. The van der Waals surface area contributed by atoms with Crippen LogP contribution in [-0.4, -0.2) is 22.5 Å². The highest BCUT2D eigenvalue weighted by Gasteiger charge is 2.36. The van der Waals surface area contributed by atoms with E-state index in [2.05, 4.69) is 15.3 Å². The molecule has 3 aromatic rings. The molecule has 32 heavy (non-hydrogen) atoms. The lowest BCUT2D eigenvalue weighted by Crippen LogP contribution is -2.26. The fraction of sp³-hybridized carbons (Fsp3) is 0.208. The Bertz CT molecular complexity index is 1240. The van der Waals surface area contributed by atoms with Gasteiger partial charge in [0.25, 0.3) is 0 Å². The maximum absolute atomic E-state index is 12.9. The third-order valence-electron chi connectivity index (χ3n) is 5.22. The van der Waals surface area contributed by atoms with Crippen molar-refractivity contribution in [2.24, 2.45) is 0 Å². The van der Waals surface area contributed by atoms with Gasteiger partial charge in [0.1, 0.15) is 24.0 Å². The number of hydrogen-bond acceptors (Lipinski definition) is 7. The molecule has 0 radical (unpaired) electrons. The van der Waals surface area contributed by atoms with Crippen LogP contribution in [0.25, 0.3) is 0 Å². The number of carbonyl (C=O) groups is 1. The van der Waals surface area contributed by atoms with Gasteiger partial charge in [-0.1, -0.05) is 42.5 Å². The normalized spacial score (nSPS) is 15.0. The number of ether oxygens (including phenoxy) is 2. The van der Waals surface area contributed by atoms with Gasteiger partial charge in [-0.2, -0.15) is 0 Å². The summed E-state index contributed by atoms with van der Waals surface area (Å²) in [6.45, 7) is 4.29. The maximum atomic E-state index is 12.9. The molecule has 1 atom stereocenters. The van der Waals surface area contributed by atoms with Crippen molar-refractivity contribution in [1.29, 1.82) is 0 Å². The van der Waals surface area contributed by atoms with E-state index in [4.69, 9.17) is 27.4 Å². The van der Waals surface area contributed by atoms with E-state index in [1.807, 2.05) is 61.5 Å². The van der Waals surface area contributed by atoms with Crippen molar-refractivity contribution < 1.29 is 14.3 Å². The van der Waals surface area contributed by atoms with Crippen LogP contribution >= 0.6 is 12.2 Å². The number of fused-ring (bicyclic) bond motifs is 1. The van der Waals surface area contributed by atoms with Crippen molar-refractivity contribution in [3.05, 3.63) is 87.3 Å². The Morgan fingerprint density at radius 3 is 2.72 bits per heavy atom. The van der Waals surface area contributed by atoms with Crippen LogP contribution in [0.5, 0.6) is 5.75 Å². The Morgan fingerprint density at radius 1 is 1.19 bits per heavy atom. The minimum atomic E-state index is -0.495. The second-order valence-corrected chi connectivity index (χ2v) is 7.77. The largest absolute Gasteiger partial charge is 0.489 e. The Labute approximate surface area is 191 Å². The number of nitrogens with two attached hydrogens (primary N) is 1. The number of carbonyl (C=O) groups excluding carboxylic acids is 1. The Kier molecular flexibility index (Phi) is 6.23. The first-order valence-electron chi connectivity index (χ1n) is 10.3. The number of benzene rings is 2. The van der Waals surface area contributed by atoms with E-state index >= 15 is 0 Å². The van der Waals surface area contributed by atoms with Crippen molar-refractivity contribution in [3.8, 4) is 5.75 Å². The van der Waals surface area contributed by atoms with E-state index in [1.165, 1.54) is 0 Å². The predicted octanol–water partition coefficient (Wildman–Crippen LogP) is 4.69. The van der Waals surface area contributed by atoms with Crippen LogP contribution in [0, 0.1) is 4.77 Å². The second-order valence-electron chi connectivity index (χ2n) is 7.38. The van der Waals surface area contributed by atoms with Crippen molar-refractivity contribution in [3.63, 3.8) is 0 Å². The molecule has 0 aliphatic carbocycles. The van der Waals surface area contributed by atoms with Gasteiger partial charge in [-0.15, -0.1) is 0 Å². The summed E-state index contributed by atoms with van der Waals surface area (Å²) in [5.41, 5.74) is 9.97. The van der Waals surface area contributed by atoms with Crippen LogP contribution in [0.1, 0.15) is 36.5 Å². The number of nitrogens with zero attached hydrogens (tertiary/aromatic N) is 1. The maximum Gasteiger partial charge on any atom is 0.336 e. The summed E-state index contributed by atoms with van der Waals surface area (Å²) in [6.07, 6.45) is 0. The molecule has 0 saturated heterocycles. The van der Waals surface area contributed by atoms with Gasteiger partial charge in [-0.3, -0.25) is 0 Å². The van der Waals surface area contributed by atoms with Crippen molar-refractivity contribution in [1.82, 2.24) is 9.97 Å². The monoisotopic (exact) mass is 448 g/mol. The van der Waals surface area contributed by atoms with E-state index in [0.717, 1.165) is 11.1 Å². The molecule has 0 saturated carbocycles. The van der Waals surface area contributed by atoms with E-state index in [9.17, 15) is 4.79 Å². The summed E-state index contributed by atoms with van der Waals surface area (Å²) < 4.78 is 11.6. The molecule has 2 heterocycles. The Morgan fingerprint density at radius 2 is 1.97 bits per heavy atom. The van der Waals surface area contributed by atoms with Crippen LogP contribution in [0.15, 0.2) is 65.9 Å². The fourth-order valence-corrected chi connectivity index (χ4v) is 4.03. The van der Waals surface area contributed by atoms with Gasteiger partial charge in [0.15, 0.2) is 4.77 Å². The van der Waals surface area contributed by atoms with Crippen molar-refractivity contribution in [2.75, 3.05) is 17.7 Å². The fourth-order valence-electron chi connectivity index (χ4n) is 3.83. The zero-order chi connectivity index (χ0) is 22.7. The van der Waals surface area contributed by atoms with E-state index in [-0.39, 0.29) is 11.4 Å². The first kappa shape index (κ1) is 21.6. The number of rotatable bonds is 6. The highest BCUT2D eigenvalue weighted by molar-refractivity contribution is 7.71. The van der Waals surface area contributed by atoms with E-state index in [0.29, 0.717) is 40.8 Å². The van der Waals surface area contributed by atoms with Crippen LogP contribution in [0.4, 0.5) is 11.6 Å². The number of nitrogen functional groups attached to an aromatic ring is 1. The molecule has 1 aliphatic rings. The number of aromatic amines is 1. The van der Waals surface area contributed by atoms with E-state index < -0.39 is 11.9 Å². The lowest BCUT2D eigenvalue weighted by atomic mass is 9.82. The number of anilines is 2. The molecule has 0 fully saturated rings. The second kappa shape index (κ2) is 9.23. The number of esters is 1. The molecule has 1 aromatic heterocycles. The molecule has 7 nitrogen and oxygen atoms in total. The smallest absolute Gasteiger partial charge is 0.336 e. The third kappa shape index (κ3) is 4.36. The molecular formula is C24H24N4O3S. The Hall–Kier alpha value is -3.65. The number of allylic oxidation sites excluding steroid dienone is 1. The standard InChI is InChI=1S/C24H24N4O3S/c1-3-30-23(29)18-14(2)26-22-20(21(25)27-24(32)28-22)19(18)16-10-7-11-17(12-16)31-13-15-8-5-4-6-9-15/h4-12,19H,3,13H2,1-2H3,(H4,25,26,27,28,32). The topological polar surface area (TPSA) is 102 Å². The zero-order valence-corrected chi connectivity index (χ0v) is 18.7. The zero-order valence-electron chi connectivity index (χ0n) is 17.8. The first-order valence-corrected chi connectivity index (χ1v) is 10.7. The summed E-state index contributed by atoms with van der Waals surface area (Å²) in [5.74, 6) is 0.651. The number of aromatic nitrogens is 2. The summed E-state index contributed by atoms with van der Waals surface area (Å²) in [4.78, 5) is 20.2. The first-order chi connectivity index (χ1) is 15.5. The molecule has 1 unspecified atom stereocenters. The summed E-state index contributed by atoms with van der Waals surface area (Å²) in [7, 11) is 0. The summed E-state index contributed by atoms with van der Waals surface area (Å²) in [5, 5.41) is 3.16. The molecule has 8 heteroatoms. The molecule has 0 bridgehead atoms. The number of H-pyrrole nitrogens is 1. The van der Waals surface area contributed by atoms with Crippen molar-refractivity contribution in [2.45, 2.75) is 26.4 Å². The number of hydrogen-bond donors (Lipinski definition) is 3. The SMILES string of the molecule is CCOC(=O)C1=C(C)Nc2nc(=S)[nH]c(N)c2C1c1cccc(OCc2ccccc2)c1. The molecule has 0 amide bonds. The molecule has 0 spiro atoms. The van der Waals surface area contributed by atoms with Gasteiger partial charge in [0.05, 0.1) is 18.1 Å². The van der Waals surface area contributed by atoms with E-state index in [1.54, 1.807) is 6.92 Å². The summed E-state index contributed by atoms with van der Waals surface area (Å²) in [6, 6.07) is 17.5. The van der Waals surface area contributed by atoms with Gasteiger partial charge in [-0.25, -0.2) is 9.78 Å². The predicted molar refractivity (Wildman–Crippen MR) is 126 cm³/mol. The molecule has 4 N–H and O–H groups in total. The third-order valence-corrected chi connectivity index (χ3v) is 5.42. The number of nitrogens with one attached hydrogen (secondary N) is 2. The molecule has 1 aliphatic heterocycles. The quantitative estimate of drug-likeness (QED) is 0.371. The van der Waals surface area contributed by atoms with Crippen LogP contribution < -0.4 is 15.8 Å². The highest BCUT2D eigenvalue weighted by atomic mass is 32.1. The molecule has 4 rings (SSSR count). The Balaban J connectivity index is 1.77. The molecule has 164 valence electrons. The van der Waals surface area contributed by atoms with Crippen LogP contribution in [-0.2, 0) is 16.1 Å². The van der Waals surface area contributed by atoms with Crippen LogP contribution in [0.2, 0.25) is 0 Å². The van der Waals surface area contributed by atoms with Crippen molar-refractivity contribution >= 4 is 29.8 Å². The minimum Gasteiger partial charge on any atom is -0.489 e. The molecular weight excluding hydrogens is 424 g/mol. The lowest BCUT2D eigenvalue weighted by molar-refractivity contribution is -0.138.